The van der Waals surface area contributed by atoms with Crippen LogP contribution in [0.2, 0.25) is 0 Å². The molecule has 3 atom stereocenters. The number of nitrogens with zero attached hydrogens (tertiary/aromatic N) is 6. The van der Waals surface area contributed by atoms with Gasteiger partial charge in [0.15, 0.2) is 0 Å². The second kappa shape index (κ2) is 7.21. The van der Waals surface area contributed by atoms with Gasteiger partial charge in [0.05, 0.1) is 18.8 Å². The smallest absolute Gasteiger partial charge is 0.351 e. The third kappa shape index (κ3) is 3.24. The van der Waals surface area contributed by atoms with E-state index in [1.165, 1.54) is 11.0 Å². The summed E-state index contributed by atoms with van der Waals surface area (Å²) in [5, 5.41) is 13.0. The summed E-state index contributed by atoms with van der Waals surface area (Å²) < 4.78 is 7.11. The normalized spacial score (nSPS) is 27.1. The van der Waals surface area contributed by atoms with Crippen molar-refractivity contribution in [2.45, 2.75) is 51.0 Å². The van der Waals surface area contributed by atoms with Crippen molar-refractivity contribution < 1.29 is 9.84 Å². The van der Waals surface area contributed by atoms with Crippen LogP contribution in [0.5, 0.6) is 0 Å². The van der Waals surface area contributed by atoms with Gasteiger partial charge in [0, 0.05) is 36.2 Å². The number of piperidine rings is 1. The molecule has 1 N–H and O–H groups in total. The van der Waals surface area contributed by atoms with Crippen LogP contribution in [0, 0.1) is 6.92 Å². The molecule has 2 aliphatic heterocycles. The second-order valence-corrected chi connectivity index (χ2v) is 6.30. The maximum Gasteiger partial charge on any atom is 0.351 e. The Kier molecular flexibility index (Phi) is 5.03. The second-order valence-electron chi connectivity index (χ2n) is 6.30. The number of hydrogen-bond acceptors (Lipinski definition) is 6. The lowest BCUT2D eigenvalue weighted by Crippen LogP contribution is -2.35. The van der Waals surface area contributed by atoms with Crippen molar-refractivity contribution in [2.24, 2.45) is 5.11 Å². The Labute approximate surface area is 139 Å². The van der Waals surface area contributed by atoms with Gasteiger partial charge < -0.3 is 14.7 Å². The first-order valence-corrected chi connectivity index (χ1v) is 8.29. The molecule has 0 saturated carbocycles. The third-order valence-corrected chi connectivity index (χ3v) is 4.66. The zero-order valence-corrected chi connectivity index (χ0v) is 13.7. The summed E-state index contributed by atoms with van der Waals surface area (Å²) in [5.74, 6) is 0.735. The first-order chi connectivity index (χ1) is 11.6. The summed E-state index contributed by atoms with van der Waals surface area (Å²) in [5.41, 5.74) is 9.14. The van der Waals surface area contributed by atoms with Gasteiger partial charge in [-0.25, -0.2) is 4.79 Å². The van der Waals surface area contributed by atoms with E-state index in [9.17, 15) is 9.90 Å². The van der Waals surface area contributed by atoms with Gasteiger partial charge >= 0.3 is 5.69 Å². The Morgan fingerprint density at radius 3 is 2.88 bits per heavy atom. The summed E-state index contributed by atoms with van der Waals surface area (Å²) >= 11 is 0. The molecule has 2 aliphatic rings. The number of anilines is 1. The van der Waals surface area contributed by atoms with Crippen LogP contribution in [-0.2, 0) is 4.74 Å². The Balaban J connectivity index is 1.86. The average molecular weight is 334 g/mol. The van der Waals surface area contributed by atoms with Crippen LogP contribution in [-0.4, -0.2) is 46.5 Å². The minimum atomic E-state index is -0.597. The number of aliphatic hydroxyl groups is 1. The number of hydrogen-bond donors (Lipinski definition) is 1. The van der Waals surface area contributed by atoms with E-state index in [2.05, 4.69) is 19.9 Å². The highest BCUT2D eigenvalue weighted by Gasteiger charge is 2.36. The Hall–Kier alpha value is -2.09. The van der Waals surface area contributed by atoms with Crippen molar-refractivity contribution in [1.29, 1.82) is 0 Å². The van der Waals surface area contributed by atoms with E-state index in [1.807, 2.05) is 6.92 Å². The van der Waals surface area contributed by atoms with Gasteiger partial charge in [-0.3, -0.25) is 4.57 Å². The van der Waals surface area contributed by atoms with Gasteiger partial charge in [0.25, 0.3) is 0 Å². The maximum atomic E-state index is 12.5. The first-order valence-electron chi connectivity index (χ1n) is 8.29. The van der Waals surface area contributed by atoms with E-state index in [0.29, 0.717) is 6.42 Å². The predicted molar refractivity (Wildman–Crippen MR) is 87.8 cm³/mol. The van der Waals surface area contributed by atoms with Crippen LogP contribution >= 0.6 is 0 Å². The van der Waals surface area contributed by atoms with E-state index in [4.69, 9.17) is 10.3 Å². The fourth-order valence-corrected chi connectivity index (χ4v) is 3.43. The van der Waals surface area contributed by atoms with Crippen molar-refractivity contribution in [1.82, 2.24) is 9.55 Å². The molecule has 2 saturated heterocycles. The quantitative estimate of drug-likeness (QED) is 0.509. The third-order valence-electron chi connectivity index (χ3n) is 4.66. The van der Waals surface area contributed by atoms with Gasteiger partial charge in [-0.05, 0) is 31.7 Å². The monoisotopic (exact) mass is 334 g/mol. The topological polar surface area (TPSA) is 116 Å². The SMILES string of the molecule is Cc1cn([C@@H]2C[C@H](N=[N+]=[N-])[C@@H](CO)O2)c(=O)nc1N1CCCCC1. The molecule has 2 fully saturated rings. The van der Waals surface area contributed by atoms with Gasteiger partial charge in [-0.15, -0.1) is 0 Å². The molecule has 0 radical (unpaired) electrons. The summed E-state index contributed by atoms with van der Waals surface area (Å²) in [4.78, 5) is 21.6. The largest absolute Gasteiger partial charge is 0.394 e. The molecule has 1 aromatic rings. The molecular weight excluding hydrogens is 312 g/mol. The summed E-state index contributed by atoms with van der Waals surface area (Å²) in [6.07, 6.45) is 4.36. The van der Waals surface area contributed by atoms with Crippen molar-refractivity contribution in [2.75, 3.05) is 24.6 Å². The Morgan fingerprint density at radius 2 is 2.21 bits per heavy atom. The molecule has 24 heavy (non-hydrogen) atoms. The lowest BCUT2D eigenvalue weighted by atomic mass is 10.1. The molecule has 0 spiro atoms. The molecule has 3 heterocycles. The summed E-state index contributed by atoms with van der Waals surface area (Å²) in [6, 6.07) is -0.487. The molecular formula is C15H22N6O3. The highest BCUT2D eigenvalue weighted by atomic mass is 16.5. The molecule has 0 unspecified atom stereocenters. The fraction of sp³-hybridized carbons (Fsp3) is 0.733. The van der Waals surface area contributed by atoms with Crippen molar-refractivity contribution in [3.63, 3.8) is 0 Å². The highest BCUT2D eigenvalue weighted by molar-refractivity contribution is 5.45. The molecule has 9 nitrogen and oxygen atoms in total. The van der Waals surface area contributed by atoms with Gasteiger partial charge in [-0.1, -0.05) is 5.11 Å². The van der Waals surface area contributed by atoms with Crippen molar-refractivity contribution >= 4 is 5.82 Å². The molecule has 0 amide bonds. The Morgan fingerprint density at radius 1 is 1.46 bits per heavy atom. The van der Waals surface area contributed by atoms with Crippen LogP contribution in [0.15, 0.2) is 16.1 Å². The molecule has 0 bridgehead atoms. The molecule has 130 valence electrons. The molecule has 1 aromatic heterocycles. The van der Waals surface area contributed by atoms with Crippen molar-refractivity contribution in [3.05, 3.63) is 32.7 Å². The number of aryl methyl sites for hydroxylation is 1. The van der Waals surface area contributed by atoms with Crippen molar-refractivity contribution in [3.8, 4) is 0 Å². The number of rotatable bonds is 4. The van der Waals surface area contributed by atoms with Gasteiger partial charge in [0.2, 0.25) is 0 Å². The molecule has 0 aromatic carbocycles. The fourth-order valence-electron chi connectivity index (χ4n) is 3.43. The van der Waals surface area contributed by atoms with Crippen LogP contribution in [0.1, 0.15) is 37.5 Å². The zero-order valence-electron chi connectivity index (χ0n) is 13.7. The standard InChI is InChI=1S/C15H22N6O3/c1-10-8-21(13-7-11(18-19-16)12(9-22)24-13)15(23)17-14(10)20-5-3-2-4-6-20/h8,11-13,22H,2-7,9H2,1H3/t11-,12+,13-/m0/s1. The van der Waals surface area contributed by atoms with Crippen LogP contribution < -0.4 is 10.6 Å². The van der Waals surface area contributed by atoms with Crippen LogP contribution in [0.25, 0.3) is 10.4 Å². The summed E-state index contributed by atoms with van der Waals surface area (Å²) in [6.45, 7) is 3.51. The lowest BCUT2D eigenvalue weighted by molar-refractivity contribution is -0.0270. The van der Waals surface area contributed by atoms with E-state index in [-0.39, 0.29) is 12.3 Å². The minimum Gasteiger partial charge on any atom is -0.394 e. The first kappa shape index (κ1) is 16.8. The van der Waals surface area contributed by atoms with E-state index in [0.717, 1.165) is 37.3 Å². The number of aliphatic hydroxyl groups excluding tert-OH is 1. The number of ether oxygens (including phenoxy) is 1. The van der Waals surface area contributed by atoms with E-state index < -0.39 is 18.4 Å². The molecule has 9 heteroatoms. The predicted octanol–water partition coefficient (Wildman–Crippen LogP) is 1.50. The van der Waals surface area contributed by atoms with Crippen LogP contribution in [0.4, 0.5) is 5.82 Å². The number of aromatic nitrogens is 2. The summed E-state index contributed by atoms with van der Waals surface area (Å²) in [7, 11) is 0. The molecule has 0 aliphatic carbocycles. The number of azide groups is 1. The van der Waals surface area contributed by atoms with Gasteiger partial charge in [0.1, 0.15) is 12.0 Å². The molecule has 3 rings (SSSR count). The van der Waals surface area contributed by atoms with Gasteiger partial charge in [-0.2, -0.15) is 4.98 Å². The van der Waals surface area contributed by atoms with Crippen LogP contribution in [0.3, 0.4) is 0 Å². The Bertz CT molecular complexity index is 693. The zero-order chi connectivity index (χ0) is 17.1. The lowest BCUT2D eigenvalue weighted by Gasteiger charge is -2.29. The minimum absolute atomic E-state index is 0.257. The maximum absolute atomic E-state index is 12.5. The van der Waals surface area contributed by atoms with E-state index >= 15 is 0 Å². The van der Waals surface area contributed by atoms with E-state index in [1.54, 1.807) is 6.20 Å². The average Bonchev–Trinajstić information content (AvgIpc) is 3.00. The highest BCUT2D eigenvalue weighted by Crippen LogP contribution is 2.30.